The highest BCUT2D eigenvalue weighted by molar-refractivity contribution is 6.32. The Kier molecular flexibility index (Phi) is 4.78. The fourth-order valence-electron chi connectivity index (χ4n) is 2.55. The molecular weight excluding hydrogens is 278 g/mol. The number of hydrogen-bond donors (Lipinski definition) is 2. The largest absolute Gasteiger partial charge is 0.454 e. The second-order valence-corrected chi connectivity index (χ2v) is 6.42. The standard InChI is InChI=1S/C15H22ClNO3/c1-10(2)6-15(3,18)8-17-7-11-4-12(16)14-13(5-11)19-9-20-14/h4-5,10,17-18H,6-9H2,1-3H3. The molecule has 1 aliphatic heterocycles. The molecule has 2 rings (SSSR count). The van der Waals surface area contributed by atoms with E-state index in [0.717, 1.165) is 12.0 Å². The van der Waals surface area contributed by atoms with Gasteiger partial charge in [-0.25, -0.2) is 0 Å². The maximum atomic E-state index is 10.2. The lowest BCUT2D eigenvalue weighted by Gasteiger charge is -2.25. The summed E-state index contributed by atoms with van der Waals surface area (Å²) in [5.74, 6) is 1.76. The number of benzene rings is 1. The molecule has 0 spiro atoms. The summed E-state index contributed by atoms with van der Waals surface area (Å²) in [5.41, 5.74) is 0.313. The van der Waals surface area contributed by atoms with Gasteiger partial charge >= 0.3 is 0 Å². The molecule has 0 amide bonds. The van der Waals surface area contributed by atoms with Crippen LogP contribution >= 0.6 is 11.6 Å². The van der Waals surface area contributed by atoms with Crippen molar-refractivity contribution < 1.29 is 14.6 Å². The Morgan fingerprint density at radius 3 is 2.85 bits per heavy atom. The Balaban J connectivity index is 1.90. The summed E-state index contributed by atoms with van der Waals surface area (Å²) in [6.45, 7) is 7.45. The highest BCUT2D eigenvalue weighted by atomic mass is 35.5. The summed E-state index contributed by atoms with van der Waals surface area (Å²) >= 11 is 6.13. The van der Waals surface area contributed by atoms with Gasteiger partial charge in [0.05, 0.1) is 10.6 Å². The van der Waals surface area contributed by atoms with Crippen molar-refractivity contribution in [1.82, 2.24) is 5.32 Å². The van der Waals surface area contributed by atoms with Gasteiger partial charge in [-0.15, -0.1) is 0 Å². The number of rotatable bonds is 6. The smallest absolute Gasteiger partial charge is 0.231 e. The molecule has 1 aromatic carbocycles. The van der Waals surface area contributed by atoms with Crippen molar-refractivity contribution in [2.24, 2.45) is 5.92 Å². The van der Waals surface area contributed by atoms with E-state index in [1.54, 1.807) is 0 Å². The number of nitrogens with one attached hydrogen (secondary N) is 1. The summed E-state index contributed by atoms with van der Waals surface area (Å²) in [6.07, 6.45) is 0.766. The molecule has 1 heterocycles. The molecule has 0 aromatic heterocycles. The Bertz CT molecular complexity index is 474. The van der Waals surface area contributed by atoms with E-state index in [0.29, 0.717) is 35.5 Å². The van der Waals surface area contributed by atoms with Gasteiger partial charge in [0.1, 0.15) is 0 Å². The lowest BCUT2D eigenvalue weighted by atomic mass is 9.94. The summed E-state index contributed by atoms with van der Waals surface area (Å²) < 4.78 is 10.6. The van der Waals surface area contributed by atoms with Crippen molar-refractivity contribution in [2.75, 3.05) is 13.3 Å². The van der Waals surface area contributed by atoms with Gasteiger partial charge in [-0.05, 0) is 37.0 Å². The van der Waals surface area contributed by atoms with Crippen molar-refractivity contribution in [3.05, 3.63) is 22.7 Å². The molecule has 0 aliphatic carbocycles. The van der Waals surface area contributed by atoms with Crippen LogP contribution in [0.25, 0.3) is 0 Å². The lowest BCUT2D eigenvalue weighted by Crippen LogP contribution is -2.38. The first-order chi connectivity index (χ1) is 9.37. The molecule has 1 aromatic rings. The van der Waals surface area contributed by atoms with E-state index in [2.05, 4.69) is 19.2 Å². The summed E-state index contributed by atoms with van der Waals surface area (Å²) in [4.78, 5) is 0. The average Bonchev–Trinajstić information content (AvgIpc) is 2.75. The van der Waals surface area contributed by atoms with Crippen molar-refractivity contribution in [2.45, 2.75) is 39.3 Å². The third-order valence-corrected chi connectivity index (χ3v) is 3.45. The van der Waals surface area contributed by atoms with Gasteiger partial charge in [-0.3, -0.25) is 0 Å². The molecule has 0 saturated carbocycles. The Morgan fingerprint density at radius 1 is 1.40 bits per heavy atom. The monoisotopic (exact) mass is 299 g/mol. The van der Waals surface area contributed by atoms with Crippen molar-refractivity contribution >= 4 is 11.6 Å². The summed E-state index contributed by atoms with van der Waals surface area (Å²) in [7, 11) is 0. The molecule has 0 radical (unpaired) electrons. The molecular formula is C15H22ClNO3. The Morgan fingerprint density at radius 2 is 2.15 bits per heavy atom. The van der Waals surface area contributed by atoms with Gasteiger partial charge in [0.25, 0.3) is 0 Å². The molecule has 20 heavy (non-hydrogen) atoms. The summed E-state index contributed by atoms with van der Waals surface area (Å²) in [6, 6.07) is 3.78. The molecule has 1 aliphatic rings. The number of fused-ring (bicyclic) bond motifs is 1. The zero-order valence-corrected chi connectivity index (χ0v) is 13.0. The van der Waals surface area contributed by atoms with Gasteiger partial charge in [-0.1, -0.05) is 25.4 Å². The number of ether oxygens (including phenoxy) is 2. The topological polar surface area (TPSA) is 50.7 Å². The Hall–Kier alpha value is -0.970. The Labute approximate surface area is 125 Å². The first-order valence-electron chi connectivity index (χ1n) is 6.88. The van der Waals surface area contributed by atoms with Gasteiger partial charge in [0.2, 0.25) is 6.79 Å². The highest BCUT2D eigenvalue weighted by Gasteiger charge is 2.22. The fourth-order valence-corrected chi connectivity index (χ4v) is 2.84. The van der Waals surface area contributed by atoms with Gasteiger partial charge in [-0.2, -0.15) is 0 Å². The first kappa shape index (κ1) is 15.4. The molecule has 1 atom stereocenters. The van der Waals surface area contributed by atoms with E-state index in [9.17, 15) is 5.11 Å². The number of halogens is 1. The maximum Gasteiger partial charge on any atom is 0.231 e. The zero-order chi connectivity index (χ0) is 14.8. The number of aliphatic hydroxyl groups is 1. The minimum absolute atomic E-state index is 0.217. The quantitative estimate of drug-likeness (QED) is 0.848. The average molecular weight is 300 g/mol. The van der Waals surface area contributed by atoms with Crippen molar-refractivity contribution in [1.29, 1.82) is 0 Å². The molecule has 0 fully saturated rings. The van der Waals surface area contributed by atoms with E-state index >= 15 is 0 Å². The van der Waals surface area contributed by atoms with Crippen LogP contribution in [-0.2, 0) is 6.54 Å². The molecule has 1 unspecified atom stereocenters. The highest BCUT2D eigenvalue weighted by Crippen LogP contribution is 2.39. The second-order valence-electron chi connectivity index (χ2n) is 6.01. The van der Waals surface area contributed by atoms with Crippen LogP contribution in [0.5, 0.6) is 11.5 Å². The predicted molar refractivity (Wildman–Crippen MR) is 79.4 cm³/mol. The van der Waals surface area contributed by atoms with E-state index < -0.39 is 5.60 Å². The second kappa shape index (κ2) is 6.20. The van der Waals surface area contributed by atoms with Crippen molar-refractivity contribution in [3.63, 3.8) is 0 Å². The van der Waals surface area contributed by atoms with Crippen LogP contribution < -0.4 is 14.8 Å². The molecule has 112 valence electrons. The lowest BCUT2D eigenvalue weighted by molar-refractivity contribution is 0.0383. The molecule has 4 nitrogen and oxygen atoms in total. The van der Waals surface area contributed by atoms with Crippen LogP contribution in [0.1, 0.15) is 32.8 Å². The normalized spacial score (nSPS) is 16.5. The van der Waals surface area contributed by atoms with E-state index in [1.165, 1.54) is 0 Å². The van der Waals surface area contributed by atoms with E-state index in [4.69, 9.17) is 21.1 Å². The number of hydrogen-bond acceptors (Lipinski definition) is 4. The third-order valence-electron chi connectivity index (χ3n) is 3.17. The van der Waals surface area contributed by atoms with Crippen LogP contribution in [-0.4, -0.2) is 24.0 Å². The van der Waals surface area contributed by atoms with E-state index in [-0.39, 0.29) is 6.79 Å². The van der Waals surface area contributed by atoms with Crippen molar-refractivity contribution in [3.8, 4) is 11.5 Å². The van der Waals surface area contributed by atoms with Crippen LogP contribution in [0, 0.1) is 5.92 Å². The van der Waals surface area contributed by atoms with Crippen LogP contribution in [0.2, 0.25) is 5.02 Å². The fraction of sp³-hybridized carbons (Fsp3) is 0.600. The van der Waals surface area contributed by atoms with Crippen LogP contribution in [0.4, 0.5) is 0 Å². The molecule has 2 N–H and O–H groups in total. The van der Waals surface area contributed by atoms with Gasteiger partial charge in [0, 0.05) is 13.1 Å². The van der Waals surface area contributed by atoms with Gasteiger partial charge in [0.15, 0.2) is 11.5 Å². The van der Waals surface area contributed by atoms with Gasteiger partial charge < -0.3 is 19.9 Å². The molecule has 0 bridgehead atoms. The zero-order valence-electron chi connectivity index (χ0n) is 12.2. The predicted octanol–water partition coefficient (Wildman–Crippen LogP) is 2.96. The summed E-state index contributed by atoms with van der Waals surface area (Å²) in [5, 5.41) is 14.1. The van der Waals surface area contributed by atoms with Crippen LogP contribution in [0.15, 0.2) is 12.1 Å². The maximum absolute atomic E-state index is 10.2. The minimum Gasteiger partial charge on any atom is -0.454 e. The van der Waals surface area contributed by atoms with E-state index in [1.807, 2.05) is 19.1 Å². The minimum atomic E-state index is -0.700. The first-order valence-corrected chi connectivity index (χ1v) is 7.26. The molecule has 0 saturated heterocycles. The van der Waals surface area contributed by atoms with Crippen LogP contribution in [0.3, 0.4) is 0 Å². The molecule has 5 heteroatoms. The third kappa shape index (κ3) is 4.01. The SMILES string of the molecule is CC(C)CC(C)(O)CNCc1cc(Cl)c2c(c1)OCO2.